The van der Waals surface area contributed by atoms with Gasteiger partial charge in [0.05, 0.1) is 22.8 Å². The number of amides is 2. The van der Waals surface area contributed by atoms with Crippen LogP contribution in [0.1, 0.15) is 54.9 Å². The summed E-state index contributed by atoms with van der Waals surface area (Å²) < 4.78 is 31.5. The summed E-state index contributed by atoms with van der Waals surface area (Å²) in [5, 5.41) is 4.48. The lowest BCUT2D eigenvalue weighted by Crippen LogP contribution is -2.73. The molecular weight excluding hydrogens is 424 g/mol. The third-order valence-corrected chi connectivity index (χ3v) is 7.93. The van der Waals surface area contributed by atoms with Gasteiger partial charge >= 0.3 is 6.05 Å². The average molecular weight is 450 g/mol. The summed E-state index contributed by atoms with van der Waals surface area (Å²) in [5.41, 5.74) is 1.72. The van der Waals surface area contributed by atoms with Crippen LogP contribution in [0, 0.1) is 11.3 Å². The Morgan fingerprint density at radius 2 is 2.10 bits per heavy atom. The first-order chi connectivity index (χ1) is 14.8. The number of carbonyl (C=O) groups excluding carboxylic acids is 2. The summed E-state index contributed by atoms with van der Waals surface area (Å²) in [5.74, 6) is -1.51. The molecule has 1 spiro atoms. The Kier molecular flexibility index (Phi) is 4.69. The van der Waals surface area contributed by atoms with Crippen molar-refractivity contribution in [2.75, 3.05) is 13.1 Å². The minimum Gasteiger partial charge on any atom is -0.328 e. The Hall–Kier alpha value is -2.36. The number of likely N-dealkylation sites (tertiary alicyclic amines) is 1. The largest absolute Gasteiger partial charge is 0.342 e. The Morgan fingerprint density at radius 3 is 2.74 bits per heavy atom. The van der Waals surface area contributed by atoms with E-state index in [1.54, 1.807) is 40.4 Å². The van der Waals surface area contributed by atoms with Crippen LogP contribution in [0.25, 0.3) is 0 Å². The van der Waals surface area contributed by atoms with Gasteiger partial charge in [0.1, 0.15) is 11.5 Å². The number of thiazole rings is 1. The second-order valence-corrected chi connectivity index (χ2v) is 9.85. The number of nitrogens with zero attached hydrogens (tertiary/aromatic N) is 5. The molecule has 10 heteroatoms. The number of β-lactam (4-membered cyclic amide) rings is 1. The van der Waals surface area contributed by atoms with Gasteiger partial charge in [-0.15, -0.1) is 11.3 Å². The third-order valence-electron chi connectivity index (χ3n) is 7.02. The maximum atomic E-state index is 14.9. The number of hydrogen-bond acceptors (Lipinski definition) is 5. The summed E-state index contributed by atoms with van der Waals surface area (Å²) in [6, 6.07) is -1.78. The normalized spacial score (nSPS) is 24.9. The third kappa shape index (κ3) is 2.86. The highest BCUT2D eigenvalue weighted by molar-refractivity contribution is 7.09. The first-order valence-electron chi connectivity index (χ1n) is 10.7. The van der Waals surface area contributed by atoms with Gasteiger partial charge in [-0.3, -0.25) is 19.2 Å². The predicted molar refractivity (Wildman–Crippen MR) is 109 cm³/mol. The van der Waals surface area contributed by atoms with Gasteiger partial charge < -0.3 is 4.90 Å². The van der Waals surface area contributed by atoms with E-state index in [1.807, 2.05) is 12.3 Å². The Bertz CT molecular complexity index is 1030. The number of halogens is 2. The van der Waals surface area contributed by atoms with Gasteiger partial charge in [0.2, 0.25) is 11.8 Å². The number of carbonyl (C=O) groups is 2. The fourth-order valence-corrected chi connectivity index (χ4v) is 6.14. The zero-order valence-electron chi connectivity index (χ0n) is 17.6. The molecule has 1 aliphatic carbocycles. The van der Waals surface area contributed by atoms with Crippen LogP contribution in [0.2, 0.25) is 0 Å². The molecule has 2 aromatic heterocycles. The SMILES string of the molecule is C[C@@H](CN1C(=O)C2(CCCC2)C1(F)F)C(=O)N1CCc2scnc2C1c1ccn(C)n1. The summed E-state index contributed by atoms with van der Waals surface area (Å²) in [6.45, 7) is 1.81. The molecule has 0 aromatic carbocycles. The number of rotatable bonds is 4. The molecule has 2 atom stereocenters. The van der Waals surface area contributed by atoms with Gasteiger partial charge in [0.25, 0.3) is 0 Å². The molecular formula is C21H25F2N5O2S. The van der Waals surface area contributed by atoms with Gasteiger partial charge in [-0.05, 0) is 18.9 Å². The van der Waals surface area contributed by atoms with E-state index < -0.39 is 29.3 Å². The minimum atomic E-state index is -3.18. The van der Waals surface area contributed by atoms with E-state index in [0.717, 1.165) is 10.6 Å². The van der Waals surface area contributed by atoms with Crippen molar-refractivity contribution in [2.24, 2.45) is 18.4 Å². The van der Waals surface area contributed by atoms with E-state index in [0.29, 0.717) is 36.4 Å². The van der Waals surface area contributed by atoms with E-state index in [9.17, 15) is 18.4 Å². The molecule has 166 valence electrons. The van der Waals surface area contributed by atoms with Crippen molar-refractivity contribution in [1.29, 1.82) is 0 Å². The van der Waals surface area contributed by atoms with Gasteiger partial charge in [0, 0.05) is 37.6 Å². The van der Waals surface area contributed by atoms with Crippen molar-refractivity contribution < 1.29 is 18.4 Å². The molecule has 2 amide bonds. The highest BCUT2D eigenvalue weighted by Crippen LogP contribution is 2.60. The van der Waals surface area contributed by atoms with Crippen LogP contribution >= 0.6 is 11.3 Å². The number of fused-ring (bicyclic) bond motifs is 1. The molecule has 1 saturated carbocycles. The summed E-state index contributed by atoms with van der Waals surface area (Å²) >= 11 is 1.55. The van der Waals surface area contributed by atoms with E-state index >= 15 is 0 Å². The van der Waals surface area contributed by atoms with Crippen molar-refractivity contribution in [3.63, 3.8) is 0 Å². The second kappa shape index (κ2) is 7.08. The van der Waals surface area contributed by atoms with E-state index in [1.165, 1.54) is 0 Å². The highest BCUT2D eigenvalue weighted by atomic mass is 32.1. The standard InChI is InChI=1S/C21H25F2N5O2S/c1-13(11-28-19(30)20(21(28,22)23)7-3-4-8-20)18(29)27-10-6-15-16(24-12-31-15)17(27)14-5-9-26(2)25-14/h5,9,12-13,17H,3-4,6-8,10-11H2,1-2H3/t13-,17?/m0/s1. The zero-order chi connectivity index (χ0) is 22.0. The molecule has 0 N–H and O–H groups in total. The molecule has 2 fully saturated rings. The van der Waals surface area contributed by atoms with E-state index in [-0.39, 0.29) is 25.3 Å². The van der Waals surface area contributed by atoms with Gasteiger partial charge in [-0.2, -0.15) is 13.9 Å². The van der Waals surface area contributed by atoms with Gasteiger partial charge in [-0.25, -0.2) is 4.98 Å². The number of hydrogen-bond donors (Lipinski definition) is 0. The molecule has 1 unspecified atom stereocenters. The predicted octanol–water partition coefficient (Wildman–Crippen LogP) is 2.98. The summed E-state index contributed by atoms with van der Waals surface area (Å²) in [7, 11) is 1.81. The maximum Gasteiger partial charge on any atom is 0.342 e. The smallest absolute Gasteiger partial charge is 0.328 e. The minimum absolute atomic E-state index is 0.234. The summed E-state index contributed by atoms with van der Waals surface area (Å²) in [4.78, 5) is 34.0. The molecule has 7 nitrogen and oxygen atoms in total. The molecule has 2 aromatic rings. The molecule has 31 heavy (non-hydrogen) atoms. The quantitative estimate of drug-likeness (QED) is 0.532. The van der Waals surface area contributed by atoms with E-state index in [4.69, 9.17) is 0 Å². The second-order valence-electron chi connectivity index (χ2n) is 8.91. The van der Waals surface area contributed by atoms with Crippen LogP contribution in [-0.2, 0) is 23.1 Å². The first kappa shape index (κ1) is 20.5. The Balaban J connectivity index is 1.37. The van der Waals surface area contributed by atoms with Crippen molar-refractivity contribution in [2.45, 2.75) is 51.1 Å². The average Bonchev–Trinajstić information content (AvgIpc) is 3.50. The molecule has 0 bridgehead atoms. The van der Waals surface area contributed by atoms with Gasteiger partial charge in [-0.1, -0.05) is 19.8 Å². The Labute approximate surface area is 183 Å². The summed E-state index contributed by atoms with van der Waals surface area (Å²) in [6.07, 6.45) is 4.25. The van der Waals surface area contributed by atoms with Crippen LogP contribution in [0.15, 0.2) is 17.8 Å². The van der Waals surface area contributed by atoms with Crippen LogP contribution < -0.4 is 0 Å². The highest BCUT2D eigenvalue weighted by Gasteiger charge is 2.74. The number of aromatic nitrogens is 3. The lowest BCUT2D eigenvalue weighted by Gasteiger charge is -2.54. The van der Waals surface area contributed by atoms with Crippen LogP contribution in [0.5, 0.6) is 0 Å². The van der Waals surface area contributed by atoms with Gasteiger partial charge in [0.15, 0.2) is 0 Å². The monoisotopic (exact) mass is 449 g/mol. The number of aryl methyl sites for hydroxylation is 1. The molecule has 2 aliphatic heterocycles. The number of alkyl halides is 2. The topological polar surface area (TPSA) is 71.3 Å². The van der Waals surface area contributed by atoms with Crippen LogP contribution in [-0.4, -0.2) is 55.5 Å². The first-order valence-corrected chi connectivity index (χ1v) is 11.6. The van der Waals surface area contributed by atoms with Crippen molar-refractivity contribution >= 4 is 23.2 Å². The molecule has 5 rings (SSSR count). The fourth-order valence-electron chi connectivity index (χ4n) is 5.35. The maximum absolute atomic E-state index is 14.9. The fraction of sp³-hybridized carbons (Fsp3) is 0.619. The molecule has 0 radical (unpaired) electrons. The molecule has 1 saturated heterocycles. The zero-order valence-corrected chi connectivity index (χ0v) is 18.4. The van der Waals surface area contributed by atoms with Crippen molar-refractivity contribution in [1.82, 2.24) is 24.6 Å². The lowest BCUT2D eigenvalue weighted by molar-refractivity contribution is -0.285. The van der Waals surface area contributed by atoms with E-state index in [2.05, 4.69) is 10.1 Å². The Morgan fingerprint density at radius 1 is 1.35 bits per heavy atom. The van der Waals surface area contributed by atoms with Crippen molar-refractivity contribution in [3.05, 3.63) is 34.0 Å². The molecule has 3 aliphatic rings. The van der Waals surface area contributed by atoms with Crippen LogP contribution in [0.3, 0.4) is 0 Å². The lowest BCUT2D eigenvalue weighted by atomic mass is 9.73. The van der Waals surface area contributed by atoms with Crippen molar-refractivity contribution in [3.8, 4) is 0 Å². The van der Waals surface area contributed by atoms with Crippen LogP contribution in [0.4, 0.5) is 8.78 Å². The molecule has 4 heterocycles.